The number of carboxylic acid groups (broad SMARTS) is 1. The number of benzene rings is 1. The third-order valence-corrected chi connectivity index (χ3v) is 6.12. The second-order valence-corrected chi connectivity index (χ2v) is 7.95. The monoisotopic (exact) mass is 384 g/mol. The van der Waals surface area contributed by atoms with E-state index in [0.29, 0.717) is 18.6 Å². The van der Waals surface area contributed by atoms with Gasteiger partial charge in [-0.3, -0.25) is 4.79 Å². The summed E-state index contributed by atoms with van der Waals surface area (Å²) >= 11 is 0. The number of hydrogen-bond acceptors (Lipinski definition) is 4. The Balaban J connectivity index is 1.59. The van der Waals surface area contributed by atoms with E-state index >= 15 is 0 Å². The molecule has 3 N–H and O–H groups in total. The predicted molar refractivity (Wildman–Crippen MR) is 106 cm³/mol. The molecule has 0 saturated heterocycles. The Hall–Kier alpha value is -2.29. The smallest absolute Gasteiger partial charge is 0.303 e. The van der Waals surface area contributed by atoms with Gasteiger partial charge in [0.1, 0.15) is 18.5 Å². The van der Waals surface area contributed by atoms with Crippen LogP contribution in [0.25, 0.3) is 0 Å². The third-order valence-electron chi connectivity index (χ3n) is 6.12. The van der Waals surface area contributed by atoms with E-state index in [-0.39, 0.29) is 30.3 Å². The summed E-state index contributed by atoms with van der Waals surface area (Å²) < 4.78 is 5.52. The second kappa shape index (κ2) is 8.81. The van der Waals surface area contributed by atoms with Crippen LogP contribution in [0, 0.1) is 29.1 Å². The normalized spacial score (nSPS) is 31.1. The molecule has 150 valence electrons. The lowest BCUT2D eigenvalue weighted by atomic mass is 9.48. The van der Waals surface area contributed by atoms with Crippen LogP contribution in [0.3, 0.4) is 0 Å². The van der Waals surface area contributed by atoms with Gasteiger partial charge < -0.3 is 20.1 Å². The lowest BCUT2D eigenvalue weighted by molar-refractivity contribution is -0.136. The first-order chi connectivity index (χ1) is 13.4. The zero-order valence-electron chi connectivity index (χ0n) is 16.2. The molecule has 1 aromatic carbocycles. The Kier molecular flexibility index (Phi) is 6.43. The molecule has 3 rings (SSSR count). The molecule has 28 heavy (non-hydrogen) atoms. The number of carbonyl (C=O) groups is 1. The maximum Gasteiger partial charge on any atom is 0.303 e. The van der Waals surface area contributed by atoms with Crippen molar-refractivity contribution in [2.45, 2.75) is 51.2 Å². The highest BCUT2D eigenvalue weighted by atomic mass is 16.5. The minimum Gasteiger partial charge on any atom is -0.490 e. The average molecular weight is 384 g/mol. The van der Waals surface area contributed by atoms with Gasteiger partial charge in [0.15, 0.2) is 0 Å². The molecule has 0 aromatic heterocycles. The Labute approximate surface area is 166 Å². The number of aliphatic hydroxyl groups excluding tert-OH is 2. The molecular formula is C23H28O5. The van der Waals surface area contributed by atoms with Crippen LogP contribution in [0.4, 0.5) is 0 Å². The average Bonchev–Trinajstić information content (AvgIpc) is 2.68. The van der Waals surface area contributed by atoms with Crippen molar-refractivity contribution in [2.24, 2.45) is 17.3 Å². The van der Waals surface area contributed by atoms with Crippen LogP contribution < -0.4 is 4.74 Å². The number of allylic oxidation sites excluding steroid dienone is 2. The highest BCUT2D eigenvalue weighted by molar-refractivity contribution is 5.66. The Morgan fingerprint density at radius 1 is 1.39 bits per heavy atom. The SMILES string of the molecule is C[C@]12CC[C@@H](O)[C@H](C#CC(O)COc3ccccc3)[C@H]1CC2=CCCC(=O)O. The molecule has 0 radical (unpaired) electrons. The molecule has 2 aliphatic rings. The largest absolute Gasteiger partial charge is 0.490 e. The fraction of sp³-hybridized carbons (Fsp3) is 0.522. The Bertz CT molecular complexity index is 775. The topological polar surface area (TPSA) is 87.0 Å². The maximum absolute atomic E-state index is 10.7. The summed E-state index contributed by atoms with van der Waals surface area (Å²) in [5.41, 5.74) is 1.26. The summed E-state index contributed by atoms with van der Waals surface area (Å²) in [6, 6.07) is 9.27. The first-order valence-corrected chi connectivity index (χ1v) is 9.86. The van der Waals surface area contributed by atoms with Crippen LogP contribution in [0.5, 0.6) is 5.75 Å². The number of hydrogen-bond donors (Lipinski definition) is 3. The number of rotatable bonds is 6. The van der Waals surface area contributed by atoms with Crippen molar-refractivity contribution in [3.8, 4) is 17.6 Å². The minimum atomic E-state index is -0.911. The van der Waals surface area contributed by atoms with Gasteiger partial charge in [0, 0.05) is 6.42 Å². The highest BCUT2D eigenvalue weighted by Crippen LogP contribution is 2.60. The van der Waals surface area contributed by atoms with Gasteiger partial charge >= 0.3 is 5.97 Å². The minimum absolute atomic E-state index is 0.0252. The molecule has 5 nitrogen and oxygen atoms in total. The van der Waals surface area contributed by atoms with E-state index in [1.807, 2.05) is 30.3 Å². The van der Waals surface area contributed by atoms with Gasteiger partial charge in [0.05, 0.1) is 12.0 Å². The van der Waals surface area contributed by atoms with Gasteiger partial charge in [-0.25, -0.2) is 0 Å². The lowest BCUT2D eigenvalue weighted by Gasteiger charge is -2.57. The fourth-order valence-corrected chi connectivity index (χ4v) is 4.38. The fourth-order valence-electron chi connectivity index (χ4n) is 4.38. The van der Waals surface area contributed by atoms with Crippen LogP contribution in [-0.4, -0.2) is 40.1 Å². The van der Waals surface area contributed by atoms with Gasteiger partial charge in [-0.1, -0.05) is 48.6 Å². The summed E-state index contributed by atoms with van der Waals surface area (Å²) in [7, 11) is 0. The van der Waals surface area contributed by atoms with E-state index < -0.39 is 18.2 Å². The third kappa shape index (κ3) is 4.57. The molecule has 0 bridgehead atoms. The first-order valence-electron chi connectivity index (χ1n) is 9.86. The van der Waals surface area contributed by atoms with Crippen molar-refractivity contribution in [3.63, 3.8) is 0 Å². The molecule has 2 fully saturated rings. The van der Waals surface area contributed by atoms with Gasteiger partial charge in [-0.05, 0) is 49.1 Å². The number of fused-ring (bicyclic) bond motifs is 1. The van der Waals surface area contributed by atoms with E-state index in [0.717, 1.165) is 12.8 Å². The van der Waals surface area contributed by atoms with Gasteiger partial charge in [0.25, 0.3) is 0 Å². The second-order valence-electron chi connectivity index (χ2n) is 7.95. The van der Waals surface area contributed by atoms with Crippen molar-refractivity contribution < 1.29 is 24.9 Å². The van der Waals surface area contributed by atoms with Crippen LogP contribution >= 0.6 is 0 Å². The zero-order chi connectivity index (χ0) is 20.1. The summed E-state index contributed by atoms with van der Waals surface area (Å²) in [6.07, 6.45) is 3.72. The molecule has 5 atom stereocenters. The van der Waals surface area contributed by atoms with Crippen molar-refractivity contribution in [1.82, 2.24) is 0 Å². The molecule has 2 saturated carbocycles. The number of ether oxygens (including phenoxy) is 1. The van der Waals surface area contributed by atoms with E-state index in [1.54, 1.807) is 0 Å². The molecule has 0 aliphatic heterocycles. The molecular weight excluding hydrogens is 356 g/mol. The molecule has 1 unspecified atom stereocenters. The molecule has 0 heterocycles. The van der Waals surface area contributed by atoms with Crippen LogP contribution in [-0.2, 0) is 4.79 Å². The van der Waals surface area contributed by atoms with E-state index in [4.69, 9.17) is 9.84 Å². The molecule has 0 spiro atoms. The quantitative estimate of drug-likeness (QED) is 0.518. The molecule has 5 heteroatoms. The predicted octanol–water partition coefficient (Wildman–Crippen LogP) is 3.02. The van der Waals surface area contributed by atoms with Crippen molar-refractivity contribution >= 4 is 5.97 Å². The summed E-state index contributed by atoms with van der Waals surface area (Å²) in [5.74, 6) is 5.92. The standard InChI is InChI=1S/C23H28O5/c1-23-13-12-21(25)19(20(23)14-16(23)6-5-9-22(26)27)11-10-17(24)15-28-18-7-3-2-4-8-18/h2-4,6-8,17,19-21,24-25H,5,9,12-15H2,1H3,(H,26,27)/t17?,19-,20-,21-,23-/m1/s1. The van der Waals surface area contributed by atoms with E-state index in [9.17, 15) is 15.0 Å². The Morgan fingerprint density at radius 2 is 2.14 bits per heavy atom. The van der Waals surface area contributed by atoms with Crippen molar-refractivity contribution in [1.29, 1.82) is 0 Å². The highest BCUT2D eigenvalue weighted by Gasteiger charge is 2.54. The van der Waals surface area contributed by atoms with Crippen LogP contribution in [0.2, 0.25) is 0 Å². The van der Waals surface area contributed by atoms with Crippen molar-refractivity contribution in [2.75, 3.05) is 6.61 Å². The van der Waals surface area contributed by atoms with Gasteiger partial charge in [-0.15, -0.1) is 0 Å². The lowest BCUT2D eigenvalue weighted by Crippen LogP contribution is -2.51. The first kappa shape index (κ1) is 20.4. The van der Waals surface area contributed by atoms with Crippen LogP contribution in [0.15, 0.2) is 42.0 Å². The maximum atomic E-state index is 10.7. The molecule has 2 aliphatic carbocycles. The summed E-state index contributed by atoms with van der Waals surface area (Å²) in [5, 5.41) is 29.4. The number of aliphatic hydroxyl groups is 2. The van der Waals surface area contributed by atoms with Crippen molar-refractivity contribution in [3.05, 3.63) is 42.0 Å². The van der Waals surface area contributed by atoms with E-state index in [2.05, 4.69) is 24.8 Å². The van der Waals surface area contributed by atoms with Crippen LogP contribution in [0.1, 0.15) is 39.0 Å². The summed E-state index contributed by atoms with van der Waals surface area (Å²) in [4.78, 5) is 10.7. The molecule has 1 aromatic rings. The number of aliphatic carboxylic acids is 1. The molecule has 0 amide bonds. The summed E-state index contributed by atoms with van der Waals surface area (Å²) in [6.45, 7) is 2.27. The van der Waals surface area contributed by atoms with Gasteiger partial charge in [-0.2, -0.15) is 0 Å². The Morgan fingerprint density at radius 3 is 2.86 bits per heavy atom. The van der Waals surface area contributed by atoms with E-state index in [1.165, 1.54) is 5.57 Å². The van der Waals surface area contributed by atoms with Gasteiger partial charge in [0.2, 0.25) is 0 Å². The number of carboxylic acids is 1. The zero-order valence-corrected chi connectivity index (χ0v) is 16.2. The number of para-hydroxylation sites is 1.